The minimum atomic E-state index is -4.48. The molecule has 0 aliphatic carbocycles. The lowest BCUT2D eigenvalue weighted by Gasteiger charge is -2.27. The number of nitrogens with zero attached hydrogens (tertiary/aromatic N) is 3. The molecule has 3 heterocycles. The van der Waals surface area contributed by atoms with Crippen LogP contribution in [-0.4, -0.2) is 45.2 Å². The standard InChI is InChI=1S/C27H26N2O2S2.C23H18N4O4S2.C21H13F3N2O.CH4/c1-3-4-15-31-22-13-11-19(12-14-22)26(30)29-27(32)28-23-16-21(10-9-18(23)2)25-17-20-7-5-6-8-24(20)33-25;1-2-31-19-12-9-15(13-18(19)27(29)30)21(28)26-23(32)24-16-10-7-14(8-11-16)22-25-17-5-3-4-6-20(17)33-22;22-21(23,24)14-6-3-5-13(10-14)18-16-9-8-12-4-1-2-7-15(12)19(16)27-20(26)17(18)11-25;/h5-14,16-17H,3-4,15H2,1-2H3,(H2,28,29,30,32);3-13H,2H2,1H3,(H2,24,26,28,32);1-10,18H,26H2;1H4. The highest BCUT2D eigenvalue weighted by Crippen LogP contribution is 2.46. The second-order valence-corrected chi connectivity index (χ2v) is 23.8. The molecule has 1 unspecified atom stereocenters. The van der Waals surface area contributed by atoms with Crippen LogP contribution in [0.1, 0.15) is 83.0 Å². The lowest BCUT2D eigenvalue weighted by molar-refractivity contribution is -0.385. The number of carbonyl (C=O) groups is 2. The number of thiocarbonyl (C=S) groups is 2. The number of alkyl halides is 3. The number of benzene rings is 9. The van der Waals surface area contributed by atoms with Gasteiger partial charge in [0.05, 0.1) is 39.8 Å². The number of carbonyl (C=O) groups excluding carboxylic acids is 2. The van der Waals surface area contributed by atoms with Gasteiger partial charge >= 0.3 is 11.9 Å². The molecule has 22 heteroatoms. The van der Waals surface area contributed by atoms with Gasteiger partial charge in [-0.3, -0.25) is 30.3 Å². The summed E-state index contributed by atoms with van der Waals surface area (Å²) in [6.07, 6.45) is -2.39. The third-order valence-corrected chi connectivity index (χ3v) is 17.2. The van der Waals surface area contributed by atoms with Crippen molar-refractivity contribution in [1.29, 1.82) is 5.26 Å². The highest BCUT2D eigenvalue weighted by atomic mass is 32.1. The fraction of sp³-hybridized carbons (Fsp3) is 0.139. The van der Waals surface area contributed by atoms with Crippen molar-refractivity contribution in [2.24, 2.45) is 5.73 Å². The lowest BCUT2D eigenvalue weighted by Crippen LogP contribution is -2.34. The Morgan fingerprint density at radius 2 is 1.40 bits per heavy atom. The molecule has 0 saturated heterocycles. The molecular weight excluding hydrogens is 1270 g/mol. The average molecular weight is 1340 g/mol. The normalized spacial score (nSPS) is 12.2. The third-order valence-electron chi connectivity index (χ3n) is 14.6. The molecule has 1 atom stereocenters. The summed E-state index contributed by atoms with van der Waals surface area (Å²) in [7, 11) is 0. The van der Waals surface area contributed by atoms with Crippen molar-refractivity contribution in [3.05, 3.63) is 255 Å². The van der Waals surface area contributed by atoms with Gasteiger partial charge in [0.15, 0.2) is 16.0 Å². The maximum absolute atomic E-state index is 13.2. The number of nitrogens with two attached hydrogens (primary N) is 1. The van der Waals surface area contributed by atoms with Gasteiger partial charge in [-0.25, -0.2) is 4.98 Å². The smallest absolute Gasteiger partial charge is 0.416 e. The van der Waals surface area contributed by atoms with Crippen molar-refractivity contribution < 1.29 is 41.9 Å². The Labute approximate surface area is 558 Å². The number of aryl methyl sites for hydroxylation is 1. The first-order valence-electron chi connectivity index (χ1n) is 29.1. The number of halogens is 3. The van der Waals surface area contributed by atoms with Crippen LogP contribution < -0.4 is 41.2 Å². The number of hydrogen-bond donors (Lipinski definition) is 5. The molecule has 2 aromatic heterocycles. The van der Waals surface area contributed by atoms with Gasteiger partial charge in [-0.1, -0.05) is 118 Å². The maximum atomic E-state index is 13.2. The summed E-state index contributed by atoms with van der Waals surface area (Å²) in [6, 6.07) is 61.4. The van der Waals surface area contributed by atoms with E-state index in [9.17, 15) is 38.1 Å². The van der Waals surface area contributed by atoms with E-state index in [1.165, 1.54) is 33.2 Å². The van der Waals surface area contributed by atoms with E-state index in [2.05, 4.69) is 81.7 Å². The molecule has 94 heavy (non-hydrogen) atoms. The Balaban J connectivity index is 0.000000166. The van der Waals surface area contributed by atoms with Crippen LogP contribution in [0.4, 0.5) is 30.2 Å². The van der Waals surface area contributed by atoms with Crippen molar-refractivity contribution in [2.45, 2.75) is 53.1 Å². The van der Waals surface area contributed by atoms with Gasteiger partial charge in [0.1, 0.15) is 28.1 Å². The highest BCUT2D eigenvalue weighted by molar-refractivity contribution is 7.80. The fourth-order valence-corrected chi connectivity index (χ4v) is 12.4. The molecule has 11 aromatic rings. The number of rotatable bonds is 14. The van der Waals surface area contributed by atoms with Crippen LogP contribution in [0.15, 0.2) is 212 Å². The largest absolute Gasteiger partial charge is 0.494 e. The zero-order valence-corrected chi connectivity index (χ0v) is 53.3. The number of nitro groups is 1. The van der Waals surface area contributed by atoms with E-state index in [1.54, 1.807) is 66.0 Å². The van der Waals surface area contributed by atoms with Crippen molar-refractivity contribution in [2.75, 3.05) is 23.8 Å². The quantitative estimate of drug-likeness (QED) is 0.0296. The molecule has 0 bridgehead atoms. The number of nitro benzene ring substituents is 1. The minimum absolute atomic E-state index is 0. The van der Waals surface area contributed by atoms with Gasteiger partial charge in [-0.05, 0) is 169 Å². The summed E-state index contributed by atoms with van der Waals surface area (Å²) in [5.41, 5.74) is 12.2. The number of thiophene rings is 1. The Morgan fingerprint density at radius 3 is 2.10 bits per heavy atom. The summed E-state index contributed by atoms with van der Waals surface area (Å²) in [6.45, 7) is 6.81. The number of hydrogen-bond acceptors (Lipinski definition) is 14. The zero-order chi connectivity index (χ0) is 65.8. The Hall–Kier alpha value is -10.6. The predicted molar refractivity (Wildman–Crippen MR) is 377 cm³/mol. The van der Waals surface area contributed by atoms with Crippen LogP contribution in [0.5, 0.6) is 17.2 Å². The first kappa shape index (κ1) is 67.8. The summed E-state index contributed by atoms with van der Waals surface area (Å²) >= 11 is 14.0. The highest BCUT2D eigenvalue weighted by Gasteiger charge is 2.35. The number of fused-ring (bicyclic) bond motifs is 5. The van der Waals surface area contributed by atoms with E-state index in [-0.39, 0.29) is 58.6 Å². The number of thiazole rings is 1. The molecule has 15 nitrogen and oxygen atoms in total. The summed E-state index contributed by atoms with van der Waals surface area (Å²) < 4.78 is 58.5. The molecule has 2 amide bonds. The Bertz CT molecular complexity index is 4640. The van der Waals surface area contributed by atoms with E-state index in [1.807, 2.05) is 91.9 Å². The molecule has 0 spiro atoms. The van der Waals surface area contributed by atoms with Gasteiger partial charge < -0.3 is 30.6 Å². The number of para-hydroxylation sites is 1. The van der Waals surface area contributed by atoms with Crippen LogP contribution in [0.25, 0.3) is 52.1 Å². The van der Waals surface area contributed by atoms with Crippen molar-refractivity contribution in [3.63, 3.8) is 0 Å². The van der Waals surface area contributed by atoms with E-state index in [0.29, 0.717) is 34.7 Å². The van der Waals surface area contributed by atoms with Crippen LogP contribution in [0.3, 0.4) is 0 Å². The van der Waals surface area contributed by atoms with Gasteiger partial charge in [0, 0.05) is 54.7 Å². The summed E-state index contributed by atoms with van der Waals surface area (Å²) in [5.74, 6) is -0.320. The first-order valence-corrected chi connectivity index (χ1v) is 31.5. The monoisotopic (exact) mass is 1330 g/mol. The Kier molecular flexibility index (Phi) is 22.1. The lowest BCUT2D eigenvalue weighted by atomic mass is 9.82. The number of allylic oxidation sites excluding steroid dienone is 1. The molecular formula is C72H61F3N8O7S4. The molecule has 1 aliphatic heterocycles. The number of nitrogens with one attached hydrogen (secondary N) is 4. The summed E-state index contributed by atoms with van der Waals surface area (Å²) in [5, 5.41) is 36.4. The molecule has 1 aliphatic rings. The molecule has 476 valence electrons. The second kappa shape index (κ2) is 30.7. The number of nitriles is 1. The zero-order valence-electron chi connectivity index (χ0n) is 50.0. The first-order chi connectivity index (χ1) is 44.9. The molecule has 0 saturated carbocycles. The fourth-order valence-electron chi connectivity index (χ4n) is 9.93. The molecule has 0 fully saturated rings. The molecule has 12 rings (SSSR count). The second-order valence-electron chi connectivity index (χ2n) is 20.9. The molecule has 0 radical (unpaired) electrons. The molecule has 9 aromatic carbocycles. The van der Waals surface area contributed by atoms with E-state index < -0.39 is 28.5 Å². The van der Waals surface area contributed by atoms with Crippen molar-refractivity contribution >= 4 is 117 Å². The van der Waals surface area contributed by atoms with E-state index in [4.69, 9.17) is 44.4 Å². The number of amides is 2. The number of anilines is 2. The average Bonchev–Trinajstić information content (AvgIpc) is 0.849. The molecule has 6 N–H and O–H groups in total. The van der Waals surface area contributed by atoms with Gasteiger partial charge in [-0.15, -0.1) is 22.7 Å². The summed E-state index contributed by atoms with van der Waals surface area (Å²) in [4.78, 5) is 41.6. The predicted octanol–water partition coefficient (Wildman–Crippen LogP) is 18.3. The number of ether oxygens (including phenoxy) is 3. The van der Waals surface area contributed by atoms with Gasteiger partial charge in [0.2, 0.25) is 5.88 Å². The SMILES string of the molecule is C.CCCCOc1ccc(C(=O)NC(=S)Nc2cc(-c3cc4ccccc4s3)ccc2C)cc1.CCOc1ccc(C(=O)NC(=S)Nc2ccc(-c3nc4ccccc4s3)cc2)cc1[N+](=O)[O-].N#CC1=C(N)Oc2c(ccc3ccccc23)C1c1cccc(C(F)(F)F)c1. The van der Waals surface area contributed by atoms with Crippen LogP contribution in [0.2, 0.25) is 0 Å². The van der Waals surface area contributed by atoms with E-state index >= 15 is 0 Å². The van der Waals surface area contributed by atoms with Gasteiger partial charge in [0.25, 0.3) is 11.8 Å². The van der Waals surface area contributed by atoms with Crippen LogP contribution in [-0.2, 0) is 6.18 Å². The number of aromatic nitrogens is 1. The van der Waals surface area contributed by atoms with Crippen molar-refractivity contribution in [1.82, 2.24) is 15.6 Å². The van der Waals surface area contributed by atoms with E-state index in [0.717, 1.165) is 85.2 Å². The Morgan fingerprint density at radius 1 is 0.734 bits per heavy atom. The van der Waals surface area contributed by atoms with Crippen LogP contribution in [0, 0.1) is 28.4 Å². The topological polar surface area (TPSA) is 216 Å². The third kappa shape index (κ3) is 16.4. The maximum Gasteiger partial charge on any atom is 0.416 e. The van der Waals surface area contributed by atoms with Crippen LogP contribution >= 0.6 is 47.1 Å². The number of unbranched alkanes of at least 4 members (excludes halogenated alkanes) is 1. The minimum Gasteiger partial charge on any atom is -0.494 e. The van der Waals surface area contributed by atoms with Crippen molar-refractivity contribution in [3.8, 4) is 44.3 Å². The van der Waals surface area contributed by atoms with Gasteiger partial charge in [-0.2, -0.15) is 18.4 Å².